The van der Waals surface area contributed by atoms with Crippen molar-refractivity contribution in [2.45, 2.75) is 26.4 Å². The normalized spacial score (nSPS) is 10.8. The van der Waals surface area contributed by atoms with Crippen LogP contribution in [0.25, 0.3) is 0 Å². The molecule has 0 aliphatic heterocycles. The SMILES string of the molecule is Cc1noc(C)c1COC(=O)C(c1ccccc1)c1ccccc1. The van der Waals surface area contributed by atoms with Crippen molar-refractivity contribution < 1.29 is 14.1 Å². The molecular weight excluding hydrogens is 302 g/mol. The minimum Gasteiger partial charge on any atom is -0.460 e. The van der Waals surface area contributed by atoms with Crippen LogP contribution in [-0.4, -0.2) is 11.1 Å². The molecule has 1 aromatic heterocycles. The Morgan fingerprint density at radius 2 is 1.54 bits per heavy atom. The van der Waals surface area contributed by atoms with Gasteiger partial charge in [0.25, 0.3) is 0 Å². The third-order valence-electron chi connectivity index (χ3n) is 4.04. The Kier molecular flexibility index (Phi) is 4.75. The van der Waals surface area contributed by atoms with Crippen molar-refractivity contribution in [1.82, 2.24) is 5.16 Å². The molecule has 4 nitrogen and oxygen atoms in total. The first-order valence-electron chi connectivity index (χ1n) is 7.85. The number of carbonyl (C=O) groups is 1. The van der Waals surface area contributed by atoms with E-state index in [1.54, 1.807) is 0 Å². The zero-order valence-electron chi connectivity index (χ0n) is 13.7. The number of nitrogens with zero attached hydrogens (tertiary/aromatic N) is 1. The minimum atomic E-state index is -0.451. The molecule has 24 heavy (non-hydrogen) atoms. The lowest BCUT2D eigenvalue weighted by Crippen LogP contribution is -2.17. The van der Waals surface area contributed by atoms with E-state index < -0.39 is 5.92 Å². The van der Waals surface area contributed by atoms with E-state index in [9.17, 15) is 4.79 Å². The van der Waals surface area contributed by atoms with E-state index in [1.807, 2.05) is 74.5 Å². The number of hydrogen-bond donors (Lipinski definition) is 0. The molecule has 0 saturated carbocycles. The number of aromatic nitrogens is 1. The fourth-order valence-corrected chi connectivity index (χ4v) is 2.69. The predicted molar refractivity (Wildman–Crippen MR) is 90.5 cm³/mol. The van der Waals surface area contributed by atoms with E-state index in [0.29, 0.717) is 5.76 Å². The van der Waals surface area contributed by atoms with Crippen LogP contribution in [0.2, 0.25) is 0 Å². The largest absolute Gasteiger partial charge is 0.460 e. The Labute approximate surface area is 141 Å². The number of rotatable bonds is 5. The summed E-state index contributed by atoms with van der Waals surface area (Å²) in [6, 6.07) is 19.3. The molecule has 0 radical (unpaired) electrons. The van der Waals surface area contributed by atoms with Crippen LogP contribution in [0.5, 0.6) is 0 Å². The van der Waals surface area contributed by atoms with E-state index in [2.05, 4.69) is 5.16 Å². The van der Waals surface area contributed by atoms with Crippen LogP contribution in [0, 0.1) is 13.8 Å². The lowest BCUT2D eigenvalue weighted by atomic mass is 9.91. The standard InChI is InChI=1S/C20H19NO3/c1-14-18(15(2)24-21-14)13-23-20(22)19(16-9-5-3-6-10-16)17-11-7-4-8-12-17/h3-12,19H,13H2,1-2H3. The van der Waals surface area contributed by atoms with Crippen molar-refractivity contribution in [2.24, 2.45) is 0 Å². The summed E-state index contributed by atoms with van der Waals surface area (Å²) in [7, 11) is 0. The van der Waals surface area contributed by atoms with Gasteiger partial charge >= 0.3 is 5.97 Å². The van der Waals surface area contributed by atoms with Gasteiger partial charge in [0.05, 0.1) is 11.3 Å². The highest BCUT2D eigenvalue weighted by atomic mass is 16.5. The molecular formula is C20H19NO3. The van der Waals surface area contributed by atoms with Gasteiger partial charge < -0.3 is 9.26 Å². The van der Waals surface area contributed by atoms with Gasteiger partial charge in [0.15, 0.2) is 0 Å². The third kappa shape index (κ3) is 3.38. The summed E-state index contributed by atoms with van der Waals surface area (Å²) < 4.78 is 10.7. The summed E-state index contributed by atoms with van der Waals surface area (Å²) in [5.41, 5.74) is 3.39. The van der Waals surface area contributed by atoms with Crippen LogP contribution < -0.4 is 0 Å². The molecule has 4 heteroatoms. The number of carbonyl (C=O) groups excluding carboxylic acids is 1. The molecule has 0 N–H and O–H groups in total. The summed E-state index contributed by atoms with van der Waals surface area (Å²) in [6.45, 7) is 3.82. The second-order valence-electron chi connectivity index (χ2n) is 5.66. The first-order chi connectivity index (χ1) is 11.7. The maximum Gasteiger partial charge on any atom is 0.318 e. The van der Waals surface area contributed by atoms with Crippen LogP contribution in [0.15, 0.2) is 65.2 Å². The molecule has 122 valence electrons. The summed E-state index contributed by atoms with van der Waals surface area (Å²) in [5, 5.41) is 3.89. The summed E-state index contributed by atoms with van der Waals surface area (Å²) in [6.07, 6.45) is 0. The molecule has 0 saturated heterocycles. The van der Waals surface area contributed by atoms with E-state index in [0.717, 1.165) is 22.4 Å². The molecule has 0 atom stereocenters. The fraction of sp³-hybridized carbons (Fsp3) is 0.200. The Bertz CT molecular complexity index is 750. The number of esters is 1. The molecule has 0 aliphatic carbocycles. The molecule has 0 bridgehead atoms. The molecule has 0 fully saturated rings. The predicted octanol–water partition coefficient (Wildman–Crippen LogP) is 4.17. The molecule has 0 aliphatic rings. The van der Waals surface area contributed by atoms with Crippen molar-refractivity contribution >= 4 is 5.97 Å². The number of aryl methyl sites for hydroxylation is 2. The smallest absolute Gasteiger partial charge is 0.318 e. The summed E-state index contributed by atoms with van der Waals surface area (Å²) in [5.74, 6) is -0.0588. The molecule has 1 heterocycles. The van der Waals surface area contributed by atoms with Gasteiger partial charge in [0.1, 0.15) is 18.3 Å². The highest BCUT2D eigenvalue weighted by molar-refractivity contribution is 5.82. The molecule has 0 unspecified atom stereocenters. The minimum absolute atomic E-state index is 0.163. The number of ether oxygens (including phenoxy) is 1. The molecule has 0 spiro atoms. The van der Waals surface area contributed by atoms with Gasteiger partial charge in [-0.15, -0.1) is 0 Å². The first-order valence-corrected chi connectivity index (χ1v) is 7.85. The number of benzene rings is 2. The van der Waals surface area contributed by atoms with Gasteiger partial charge in [-0.25, -0.2) is 0 Å². The van der Waals surface area contributed by atoms with Gasteiger partial charge in [-0.3, -0.25) is 4.79 Å². The summed E-state index contributed by atoms with van der Waals surface area (Å²) in [4.78, 5) is 12.8. The molecule has 3 aromatic rings. The van der Waals surface area contributed by atoms with Crippen LogP contribution in [-0.2, 0) is 16.1 Å². The second-order valence-corrected chi connectivity index (χ2v) is 5.66. The van der Waals surface area contributed by atoms with E-state index in [-0.39, 0.29) is 12.6 Å². The molecule has 2 aromatic carbocycles. The van der Waals surface area contributed by atoms with Gasteiger partial charge in [-0.1, -0.05) is 65.8 Å². The monoisotopic (exact) mass is 321 g/mol. The zero-order valence-corrected chi connectivity index (χ0v) is 13.7. The Morgan fingerprint density at radius 1 is 1.00 bits per heavy atom. The fourth-order valence-electron chi connectivity index (χ4n) is 2.69. The van der Waals surface area contributed by atoms with E-state index >= 15 is 0 Å². The highest BCUT2D eigenvalue weighted by Gasteiger charge is 2.24. The van der Waals surface area contributed by atoms with Crippen LogP contribution in [0.3, 0.4) is 0 Å². The Balaban J connectivity index is 1.85. The summed E-state index contributed by atoms with van der Waals surface area (Å²) >= 11 is 0. The lowest BCUT2D eigenvalue weighted by molar-refractivity contribution is -0.145. The Hall–Kier alpha value is -2.88. The maximum absolute atomic E-state index is 12.8. The van der Waals surface area contributed by atoms with Gasteiger partial charge in [-0.2, -0.15) is 0 Å². The van der Waals surface area contributed by atoms with Crippen molar-refractivity contribution in [3.63, 3.8) is 0 Å². The molecule has 0 amide bonds. The average molecular weight is 321 g/mol. The lowest BCUT2D eigenvalue weighted by Gasteiger charge is -2.17. The second kappa shape index (κ2) is 7.13. The number of hydrogen-bond acceptors (Lipinski definition) is 4. The van der Waals surface area contributed by atoms with Crippen molar-refractivity contribution in [2.75, 3.05) is 0 Å². The van der Waals surface area contributed by atoms with Gasteiger partial charge in [0.2, 0.25) is 0 Å². The quantitative estimate of drug-likeness (QED) is 0.662. The van der Waals surface area contributed by atoms with Crippen LogP contribution >= 0.6 is 0 Å². The molecule has 3 rings (SSSR count). The van der Waals surface area contributed by atoms with Crippen molar-refractivity contribution in [3.05, 3.63) is 88.8 Å². The van der Waals surface area contributed by atoms with Crippen molar-refractivity contribution in [1.29, 1.82) is 0 Å². The van der Waals surface area contributed by atoms with Gasteiger partial charge in [0, 0.05) is 0 Å². The van der Waals surface area contributed by atoms with E-state index in [1.165, 1.54) is 0 Å². The average Bonchev–Trinajstić information content (AvgIpc) is 2.93. The zero-order chi connectivity index (χ0) is 16.9. The Morgan fingerprint density at radius 3 is 2.00 bits per heavy atom. The van der Waals surface area contributed by atoms with Crippen LogP contribution in [0.1, 0.15) is 34.1 Å². The third-order valence-corrected chi connectivity index (χ3v) is 4.04. The first kappa shape index (κ1) is 16.0. The van der Waals surface area contributed by atoms with Gasteiger partial charge in [-0.05, 0) is 25.0 Å². The highest BCUT2D eigenvalue weighted by Crippen LogP contribution is 2.26. The van der Waals surface area contributed by atoms with Crippen LogP contribution in [0.4, 0.5) is 0 Å². The maximum atomic E-state index is 12.8. The van der Waals surface area contributed by atoms with Crippen molar-refractivity contribution in [3.8, 4) is 0 Å². The topological polar surface area (TPSA) is 52.3 Å². The van der Waals surface area contributed by atoms with E-state index in [4.69, 9.17) is 9.26 Å².